The minimum absolute atomic E-state index is 0.684. The number of para-hydroxylation sites is 1. The van der Waals surface area contributed by atoms with Crippen molar-refractivity contribution >= 4 is 34.5 Å². The molecule has 0 radical (unpaired) electrons. The predicted octanol–water partition coefficient (Wildman–Crippen LogP) is 4.96. The van der Waals surface area contributed by atoms with E-state index in [1.807, 2.05) is 60.7 Å². The predicted molar refractivity (Wildman–Crippen MR) is 90.7 cm³/mol. The number of nitrogens with one attached hydrogen (secondary N) is 1. The first kappa shape index (κ1) is 13.0. The maximum absolute atomic E-state index is 6.39. The van der Waals surface area contributed by atoms with Crippen molar-refractivity contribution in [3.63, 3.8) is 0 Å². The molecule has 0 bridgehead atoms. The molecule has 0 fully saturated rings. The zero-order valence-corrected chi connectivity index (χ0v) is 12.4. The number of benzene rings is 2. The Hall–Kier alpha value is -2.65. The second-order valence-corrected chi connectivity index (χ2v) is 5.39. The Morgan fingerprint density at radius 1 is 0.818 bits per heavy atom. The topological polar surface area (TPSA) is 37.3 Å². The van der Waals surface area contributed by atoms with Crippen LogP contribution >= 0.6 is 11.6 Å². The molecule has 1 N–H and O–H groups in total. The lowest BCUT2D eigenvalue weighted by molar-refractivity contribution is 1.30. The van der Waals surface area contributed by atoms with Gasteiger partial charge in [0.2, 0.25) is 0 Å². The van der Waals surface area contributed by atoms with Crippen LogP contribution in [0.15, 0.2) is 71.9 Å². The van der Waals surface area contributed by atoms with Crippen LogP contribution in [-0.4, -0.2) is 10.7 Å². The molecule has 2 heterocycles. The summed E-state index contributed by atoms with van der Waals surface area (Å²) in [7, 11) is 0. The number of nitrogens with zero attached hydrogens (tertiary/aromatic N) is 2. The number of hydrogen-bond acceptors (Lipinski definition) is 3. The highest BCUT2D eigenvalue weighted by Gasteiger charge is 2.19. The monoisotopic (exact) mass is 305 g/mol. The summed E-state index contributed by atoms with van der Waals surface area (Å²) in [5, 5.41) is 4.04. The van der Waals surface area contributed by atoms with Crippen molar-refractivity contribution in [3.05, 3.63) is 83.0 Å². The van der Waals surface area contributed by atoms with Gasteiger partial charge in [0, 0.05) is 28.0 Å². The van der Waals surface area contributed by atoms with E-state index in [-0.39, 0.29) is 0 Å². The molecule has 0 amide bonds. The van der Waals surface area contributed by atoms with Gasteiger partial charge < -0.3 is 5.32 Å². The first-order valence-electron chi connectivity index (χ1n) is 6.98. The van der Waals surface area contributed by atoms with Gasteiger partial charge >= 0.3 is 0 Å². The number of aromatic nitrogens is 1. The van der Waals surface area contributed by atoms with Gasteiger partial charge in [0.25, 0.3) is 0 Å². The average molecular weight is 306 g/mol. The van der Waals surface area contributed by atoms with Gasteiger partial charge in [0.1, 0.15) is 5.69 Å². The Morgan fingerprint density at radius 3 is 2.45 bits per heavy atom. The van der Waals surface area contributed by atoms with E-state index < -0.39 is 0 Å². The largest absolute Gasteiger partial charge is 0.338 e. The maximum atomic E-state index is 6.39. The van der Waals surface area contributed by atoms with Crippen LogP contribution in [0.5, 0.6) is 0 Å². The number of aliphatic imine (C=N–C) groups is 1. The molecule has 0 saturated carbocycles. The van der Waals surface area contributed by atoms with Gasteiger partial charge in [0.15, 0.2) is 5.82 Å². The summed E-state index contributed by atoms with van der Waals surface area (Å²) in [6.07, 6.45) is 1.75. The van der Waals surface area contributed by atoms with E-state index in [9.17, 15) is 0 Å². The third kappa shape index (κ3) is 2.16. The number of rotatable bonds is 1. The molecule has 0 aliphatic carbocycles. The Labute approximate surface area is 133 Å². The fourth-order valence-electron chi connectivity index (χ4n) is 2.55. The van der Waals surface area contributed by atoms with Crippen LogP contribution in [0.25, 0.3) is 0 Å². The first-order chi connectivity index (χ1) is 10.8. The standard InChI is InChI=1S/C18H12ClN3/c19-14-8-3-1-6-12(14)17-13-7-2-4-9-15(13)22-18-16(21-17)10-5-11-20-18/h1-11H,(H,20,22). The molecule has 0 spiro atoms. The minimum atomic E-state index is 0.684. The number of halogens is 1. The molecular formula is C18H12ClN3. The lowest BCUT2D eigenvalue weighted by Gasteiger charge is -2.11. The molecule has 0 atom stereocenters. The van der Waals surface area contributed by atoms with Crippen LogP contribution in [0.2, 0.25) is 5.02 Å². The van der Waals surface area contributed by atoms with Crippen LogP contribution in [0, 0.1) is 0 Å². The van der Waals surface area contributed by atoms with Gasteiger partial charge in [-0.2, -0.15) is 0 Å². The molecule has 4 rings (SSSR count). The molecule has 4 heteroatoms. The summed E-state index contributed by atoms with van der Waals surface area (Å²) < 4.78 is 0. The average Bonchev–Trinajstić information content (AvgIpc) is 2.72. The third-order valence-electron chi connectivity index (χ3n) is 3.58. The molecule has 1 aromatic heterocycles. The summed E-state index contributed by atoms with van der Waals surface area (Å²) in [4.78, 5) is 9.20. The number of hydrogen-bond donors (Lipinski definition) is 1. The Balaban J connectivity index is 2.03. The molecule has 0 unspecified atom stereocenters. The Morgan fingerprint density at radius 2 is 1.59 bits per heavy atom. The van der Waals surface area contributed by atoms with Crippen LogP contribution < -0.4 is 5.32 Å². The van der Waals surface area contributed by atoms with Gasteiger partial charge in [-0.25, -0.2) is 9.98 Å². The normalized spacial score (nSPS) is 12.5. The van der Waals surface area contributed by atoms with Crippen molar-refractivity contribution in [2.75, 3.05) is 5.32 Å². The van der Waals surface area contributed by atoms with Gasteiger partial charge in [-0.3, -0.25) is 0 Å². The number of pyridine rings is 1. The molecule has 3 aromatic rings. The number of anilines is 2. The highest BCUT2D eigenvalue weighted by atomic mass is 35.5. The minimum Gasteiger partial charge on any atom is -0.338 e. The molecule has 0 saturated heterocycles. The highest BCUT2D eigenvalue weighted by molar-refractivity contribution is 6.36. The van der Waals surface area contributed by atoms with Gasteiger partial charge in [-0.05, 0) is 24.3 Å². The maximum Gasteiger partial charge on any atom is 0.156 e. The van der Waals surface area contributed by atoms with Crippen LogP contribution in [-0.2, 0) is 0 Å². The van der Waals surface area contributed by atoms with E-state index in [1.54, 1.807) is 6.20 Å². The quantitative estimate of drug-likeness (QED) is 0.539. The summed E-state index contributed by atoms with van der Waals surface area (Å²) in [6, 6.07) is 19.6. The van der Waals surface area contributed by atoms with Crippen molar-refractivity contribution in [1.29, 1.82) is 0 Å². The van der Waals surface area contributed by atoms with Crippen molar-refractivity contribution in [1.82, 2.24) is 4.98 Å². The smallest absolute Gasteiger partial charge is 0.156 e. The Kier molecular flexibility index (Phi) is 3.13. The zero-order valence-electron chi connectivity index (χ0n) is 11.6. The lowest BCUT2D eigenvalue weighted by Crippen LogP contribution is -2.05. The summed E-state index contributed by atoms with van der Waals surface area (Å²) in [5.74, 6) is 0.747. The second-order valence-electron chi connectivity index (χ2n) is 4.98. The van der Waals surface area contributed by atoms with E-state index in [1.165, 1.54) is 0 Å². The van der Waals surface area contributed by atoms with Crippen molar-refractivity contribution in [2.45, 2.75) is 0 Å². The highest BCUT2D eigenvalue weighted by Crippen LogP contribution is 2.34. The molecule has 22 heavy (non-hydrogen) atoms. The van der Waals surface area contributed by atoms with E-state index >= 15 is 0 Å². The number of fused-ring (bicyclic) bond motifs is 2. The van der Waals surface area contributed by atoms with Crippen molar-refractivity contribution in [3.8, 4) is 0 Å². The SMILES string of the molecule is Clc1ccccc1C1=Nc2cccnc2Nc2ccccc21. The molecule has 3 nitrogen and oxygen atoms in total. The van der Waals surface area contributed by atoms with E-state index in [0.717, 1.165) is 34.0 Å². The first-order valence-corrected chi connectivity index (χ1v) is 7.36. The fourth-order valence-corrected chi connectivity index (χ4v) is 2.77. The lowest BCUT2D eigenvalue weighted by atomic mass is 10.0. The van der Waals surface area contributed by atoms with E-state index in [4.69, 9.17) is 16.6 Å². The van der Waals surface area contributed by atoms with Crippen molar-refractivity contribution in [2.24, 2.45) is 4.99 Å². The fraction of sp³-hybridized carbons (Fsp3) is 0. The molecule has 2 aromatic carbocycles. The van der Waals surface area contributed by atoms with Gasteiger partial charge in [-0.15, -0.1) is 0 Å². The Bertz CT molecular complexity index is 887. The molecule has 106 valence electrons. The van der Waals surface area contributed by atoms with Gasteiger partial charge in [-0.1, -0.05) is 48.0 Å². The third-order valence-corrected chi connectivity index (χ3v) is 3.91. The summed E-state index contributed by atoms with van der Waals surface area (Å²) in [5.41, 5.74) is 4.54. The van der Waals surface area contributed by atoms with Crippen molar-refractivity contribution < 1.29 is 0 Å². The summed E-state index contributed by atoms with van der Waals surface area (Å²) >= 11 is 6.39. The molecule has 1 aliphatic rings. The molecule has 1 aliphatic heterocycles. The van der Waals surface area contributed by atoms with E-state index in [0.29, 0.717) is 5.02 Å². The van der Waals surface area contributed by atoms with Crippen LogP contribution in [0.3, 0.4) is 0 Å². The molecular weight excluding hydrogens is 294 g/mol. The van der Waals surface area contributed by atoms with Crippen LogP contribution in [0.1, 0.15) is 11.1 Å². The van der Waals surface area contributed by atoms with E-state index in [2.05, 4.69) is 10.3 Å². The summed E-state index contributed by atoms with van der Waals surface area (Å²) in [6.45, 7) is 0. The zero-order chi connectivity index (χ0) is 14.9. The second kappa shape index (κ2) is 5.28. The van der Waals surface area contributed by atoms with Gasteiger partial charge in [0.05, 0.1) is 5.71 Å². The van der Waals surface area contributed by atoms with Crippen LogP contribution in [0.4, 0.5) is 17.2 Å².